The van der Waals surface area contributed by atoms with Gasteiger partial charge in [0.15, 0.2) is 5.25 Å². The van der Waals surface area contributed by atoms with Crippen LogP contribution in [0.5, 0.6) is 0 Å². The predicted octanol–water partition coefficient (Wildman–Crippen LogP) is 0.469. The largest absolute Gasteiger partial charge is 0.480 e. The highest BCUT2D eigenvalue weighted by atomic mass is 32.2. The molecule has 0 aliphatic heterocycles. The lowest BCUT2D eigenvalue weighted by Crippen LogP contribution is -2.38. The molecule has 4 N–H and O–H groups in total. The topological polar surface area (TPSA) is 109 Å². The smallest absolute Gasteiger partial charge is 0.323 e. The quantitative estimate of drug-likeness (QED) is 0.675. The van der Waals surface area contributed by atoms with Crippen LogP contribution in [0.3, 0.4) is 0 Å². The molecule has 1 aromatic rings. The zero-order valence-electron chi connectivity index (χ0n) is 10.6. The summed E-state index contributed by atoms with van der Waals surface area (Å²) >= 11 is 0. The number of hydrogen-bond acceptors (Lipinski definition) is 4. The van der Waals surface area contributed by atoms with Crippen LogP contribution in [0.25, 0.3) is 0 Å². The Morgan fingerprint density at radius 1 is 1.37 bits per heavy atom. The number of rotatable bonds is 7. The molecule has 1 aromatic carbocycles. The van der Waals surface area contributed by atoms with Gasteiger partial charge >= 0.3 is 5.97 Å². The predicted molar refractivity (Wildman–Crippen MR) is 72.0 cm³/mol. The first-order chi connectivity index (χ1) is 8.84. The van der Waals surface area contributed by atoms with Gasteiger partial charge in [0.1, 0.15) is 0 Å². The number of hydrogen-bond donors (Lipinski definition) is 3. The number of nitrogens with two attached hydrogens (primary N) is 1. The average molecular weight is 286 g/mol. The maximum atomic E-state index is 11.6. The molecule has 0 aliphatic carbocycles. The summed E-state index contributed by atoms with van der Waals surface area (Å²) < 4.78 is 25.4. The molecule has 0 aromatic heterocycles. The molecule has 0 fully saturated rings. The van der Waals surface area contributed by atoms with E-state index in [9.17, 15) is 13.2 Å². The molecule has 19 heavy (non-hydrogen) atoms. The van der Waals surface area contributed by atoms with E-state index in [2.05, 4.69) is 4.72 Å². The van der Waals surface area contributed by atoms with Crippen LogP contribution >= 0.6 is 0 Å². The number of carboxylic acids is 1. The molecule has 0 bridgehead atoms. The molecule has 7 heteroatoms. The van der Waals surface area contributed by atoms with Crippen LogP contribution in [-0.2, 0) is 14.8 Å². The molecule has 0 saturated carbocycles. The molecule has 0 spiro atoms. The number of aliphatic carboxylic acids is 1. The van der Waals surface area contributed by atoms with Crippen molar-refractivity contribution < 1.29 is 18.3 Å². The molecular formula is C12H18N2O4S. The SMILES string of the molecule is CC(C(=O)O)S(=O)(=O)NCCC(N)c1ccccc1. The van der Waals surface area contributed by atoms with Crippen molar-refractivity contribution in [3.63, 3.8) is 0 Å². The average Bonchev–Trinajstić information content (AvgIpc) is 2.38. The summed E-state index contributed by atoms with van der Waals surface area (Å²) in [5.41, 5.74) is 6.82. The van der Waals surface area contributed by atoms with Crippen LogP contribution in [0.2, 0.25) is 0 Å². The first kappa shape index (κ1) is 15.6. The zero-order chi connectivity index (χ0) is 14.5. The molecule has 0 aliphatic rings. The van der Waals surface area contributed by atoms with Crippen molar-refractivity contribution in [2.45, 2.75) is 24.6 Å². The molecule has 0 amide bonds. The molecule has 0 radical (unpaired) electrons. The Hall–Kier alpha value is -1.44. The van der Waals surface area contributed by atoms with E-state index < -0.39 is 21.2 Å². The van der Waals surface area contributed by atoms with Gasteiger partial charge in [0.05, 0.1) is 0 Å². The highest BCUT2D eigenvalue weighted by Crippen LogP contribution is 2.12. The molecule has 0 saturated heterocycles. The van der Waals surface area contributed by atoms with Crippen LogP contribution < -0.4 is 10.5 Å². The Morgan fingerprint density at radius 3 is 2.47 bits per heavy atom. The van der Waals surface area contributed by atoms with Crippen LogP contribution in [-0.4, -0.2) is 31.3 Å². The van der Waals surface area contributed by atoms with E-state index in [1.807, 2.05) is 30.3 Å². The summed E-state index contributed by atoms with van der Waals surface area (Å²) in [6, 6.07) is 9.01. The second kappa shape index (κ2) is 6.65. The summed E-state index contributed by atoms with van der Waals surface area (Å²) in [6.07, 6.45) is 0.398. The van der Waals surface area contributed by atoms with Gasteiger partial charge in [0.2, 0.25) is 10.0 Å². The van der Waals surface area contributed by atoms with Crippen LogP contribution in [0.15, 0.2) is 30.3 Å². The molecule has 6 nitrogen and oxygen atoms in total. The molecular weight excluding hydrogens is 268 g/mol. The molecule has 106 valence electrons. The van der Waals surface area contributed by atoms with Gasteiger partial charge in [-0.25, -0.2) is 13.1 Å². The van der Waals surface area contributed by atoms with E-state index in [1.54, 1.807) is 0 Å². The number of nitrogens with one attached hydrogen (secondary N) is 1. The third kappa shape index (κ3) is 4.62. The Morgan fingerprint density at radius 2 is 1.95 bits per heavy atom. The van der Waals surface area contributed by atoms with E-state index >= 15 is 0 Å². The highest BCUT2D eigenvalue weighted by Gasteiger charge is 2.26. The minimum absolute atomic E-state index is 0.107. The lowest BCUT2D eigenvalue weighted by Gasteiger charge is -2.14. The highest BCUT2D eigenvalue weighted by molar-refractivity contribution is 7.90. The first-order valence-electron chi connectivity index (χ1n) is 5.86. The van der Waals surface area contributed by atoms with Crippen molar-refractivity contribution in [1.29, 1.82) is 0 Å². The summed E-state index contributed by atoms with van der Waals surface area (Å²) in [4.78, 5) is 10.6. The maximum absolute atomic E-state index is 11.6. The van der Waals surface area contributed by atoms with Crippen LogP contribution in [0, 0.1) is 0 Å². The maximum Gasteiger partial charge on any atom is 0.323 e. The van der Waals surface area contributed by atoms with Gasteiger partial charge in [-0.3, -0.25) is 4.79 Å². The normalized spacial score (nSPS) is 14.8. The van der Waals surface area contributed by atoms with E-state index in [-0.39, 0.29) is 12.6 Å². The summed E-state index contributed by atoms with van der Waals surface area (Å²) in [6.45, 7) is 1.23. The van der Waals surface area contributed by atoms with E-state index in [1.165, 1.54) is 0 Å². The van der Waals surface area contributed by atoms with E-state index in [0.717, 1.165) is 12.5 Å². The van der Waals surface area contributed by atoms with Crippen molar-refractivity contribution in [3.8, 4) is 0 Å². The van der Waals surface area contributed by atoms with Gasteiger partial charge in [-0.15, -0.1) is 0 Å². The van der Waals surface area contributed by atoms with Crippen molar-refractivity contribution in [2.24, 2.45) is 5.73 Å². The van der Waals surface area contributed by atoms with Crippen molar-refractivity contribution in [1.82, 2.24) is 4.72 Å². The van der Waals surface area contributed by atoms with Gasteiger partial charge in [-0.05, 0) is 18.9 Å². The van der Waals surface area contributed by atoms with E-state index in [0.29, 0.717) is 6.42 Å². The number of sulfonamides is 1. The number of carboxylic acid groups (broad SMARTS) is 1. The van der Waals surface area contributed by atoms with Gasteiger partial charge < -0.3 is 10.8 Å². The second-order valence-corrected chi connectivity index (χ2v) is 6.31. The molecule has 2 atom stereocenters. The first-order valence-corrected chi connectivity index (χ1v) is 7.41. The van der Waals surface area contributed by atoms with Gasteiger partial charge in [-0.2, -0.15) is 0 Å². The van der Waals surface area contributed by atoms with Crippen molar-refractivity contribution >= 4 is 16.0 Å². The van der Waals surface area contributed by atoms with Gasteiger partial charge in [0.25, 0.3) is 0 Å². The van der Waals surface area contributed by atoms with Crippen LogP contribution in [0.1, 0.15) is 24.9 Å². The fraction of sp³-hybridized carbons (Fsp3) is 0.417. The zero-order valence-corrected chi connectivity index (χ0v) is 11.4. The summed E-state index contributed by atoms with van der Waals surface area (Å²) in [7, 11) is -3.84. The van der Waals surface area contributed by atoms with Gasteiger partial charge in [-0.1, -0.05) is 30.3 Å². The number of carbonyl (C=O) groups is 1. The van der Waals surface area contributed by atoms with Gasteiger partial charge in [0, 0.05) is 12.6 Å². The minimum atomic E-state index is -3.84. The summed E-state index contributed by atoms with van der Waals surface area (Å²) in [5, 5.41) is 7.19. The Bertz CT molecular complexity index is 516. The van der Waals surface area contributed by atoms with Crippen molar-refractivity contribution in [2.75, 3.05) is 6.54 Å². The fourth-order valence-corrected chi connectivity index (χ4v) is 2.40. The summed E-state index contributed by atoms with van der Waals surface area (Å²) in [5.74, 6) is -1.38. The monoisotopic (exact) mass is 286 g/mol. The minimum Gasteiger partial charge on any atom is -0.480 e. The lowest BCUT2D eigenvalue weighted by atomic mass is 10.1. The molecule has 2 unspecified atom stereocenters. The fourth-order valence-electron chi connectivity index (χ4n) is 1.48. The Labute approximate surface area is 112 Å². The van der Waals surface area contributed by atoms with Crippen molar-refractivity contribution in [3.05, 3.63) is 35.9 Å². The standard InChI is InChI=1S/C12H18N2O4S/c1-9(12(15)16)19(17,18)14-8-7-11(13)10-5-3-2-4-6-10/h2-6,9,11,14H,7-8,13H2,1H3,(H,15,16). The molecule has 0 heterocycles. The lowest BCUT2D eigenvalue weighted by molar-refractivity contribution is -0.136. The van der Waals surface area contributed by atoms with Crippen LogP contribution in [0.4, 0.5) is 0 Å². The van der Waals surface area contributed by atoms with E-state index in [4.69, 9.17) is 10.8 Å². The Kier molecular flexibility index (Phi) is 5.46. The third-order valence-corrected chi connectivity index (χ3v) is 4.54. The number of benzene rings is 1. The molecule has 1 rings (SSSR count). The Balaban J connectivity index is 2.49. The third-order valence-electron chi connectivity index (χ3n) is 2.80. The second-order valence-electron chi connectivity index (χ2n) is 4.23.